The first kappa shape index (κ1) is 16.9. The van der Waals surface area contributed by atoms with Gasteiger partial charge in [-0.1, -0.05) is 39.0 Å². The van der Waals surface area contributed by atoms with Crippen molar-refractivity contribution in [2.24, 2.45) is 0 Å². The van der Waals surface area contributed by atoms with Crippen LogP contribution < -0.4 is 0 Å². The summed E-state index contributed by atoms with van der Waals surface area (Å²) in [5.41, 5.74) is 0. The summed E-state index contributed by atoms with van der Waals surface area (Å²) in [4.78, 5) is 21.3. The quantitative estimate of drug-likeness (QED) is 0.365. The fraction of sp³-hybridized carbons (Fsp3) is 0.833. The number of unbranched alkanes of at least 4 members (excludes halogenated alkanes) is 5. The molecular weight excluding hydrogens is 249 g/mol. The van der Waals surface area contributed by atoms with E-state index in [1.54, 1.807) is 0 Å². The zero-order valence-corrected chi connectivity index (χ0v) is 10.5. The maximum atomic E-state index is 11.8. The Labute approximate surface area is 105 Å². The standard InChI is InChI=1S/C12H19F3O3/c1-2-3-4-5-6-7-8-18-11(17)9-10(16)12(13,14)15/h2-9H2,1H3. The van der Waals surface area contributed by atoms with Crippen LogP contribution in [0.25, 0.3) is 0 Å². The summed E-state index contributed by atoms with van der Waals surface area (Å²) in [6.45, 7) is 2.18. The average Bonchev–Trinajstić information content (AvgIpc) is 2.26. The molecule has 0 fully saturated rings. The van der Waals surface area contributed by atoms with Gasteiger partial charge in [0.25, 0.3) is 0 Å². The molecule has 0 aliphatic carbocycles. The number of ether oxygens (including phenoxy) is 1. The number of hydrogen-bond acceptors (Lipinski definition) is 3. The van der Waals surface area contributed by atoms with Gasteiger partial charge in [0.05, 0.1) is 6.61 Å². The van der Waals surface area contributed by atoms with Crippen LogP contribution in [0.5, 0.6) is 0 Å². The number of esters is 1. The summed E-state index contributed by atoms with van der Waals surface area (Å²) in [6, 6.07) is 0. The Kier molecular flexibility index (Phi) is 8.41. The summed E-state index contributed by atoms with van der Waals surface area (Å²) in [7, 11) is 0. The Hall–Kier alpha value is -1.07. The minimum atomic E-state index is -4.96. The Morgan fingerprint density at radius 1 is 1.00 bits per heavy atom. The van der Waals surface area contributed by atoms with Gasteiger partial charge >= 0.3 is 12.1 Å². The molecule has 0 aromatic rings. The summed E-state index contributed by atoms with van der Waals surface area (Å²) < 4.78 is 40.0. The second-order valence-corrected chi connectivity index (χ2v) is 4.09. The zero-order valence-electron chi connectivity index (χ0n) is 10.5. The zero-order chi connectivity index (χ0) is 14.0. The lowest BCUT2D eigenvalue weighted by Crippen LogP contribution is -2.26. The maximum absolute atomic E-state index is 11.8. The van der Waals surface area contributed by atoms with Crippen molar-refractivity contribution >= 4 is 11.8 Å². The minimum Gasteiger partial charge on any atom is -0.465 e. The van der Waals surface area contributed by atoms with Crippen LogP contribution in [0.2, 0.25) is 0 Å². The molecule has 106 valence electrons. The first-order valence-electron chi connectivity index (χ1n) is 6.13. The van der Waals surface area contributed by atoms with Gasteiger partial charge in [0.1, 0.15) is 6.42 Å². The maximum Gasteiger partial charge on any atom is 0.450 e. The molecule has 0 aliphatic heterocycles. The molecule has 0 amide bonds. The molecule has 0 aliphatic rings. The van der Waals surface area contributed by atoms with E-state index < -0.39 is 24.3 Å². The monoisotopic (exact) mass is 268 g/mol. The van der Waals surface area contributed by atoms with Crippen molar-refractivity contribution in [3.8, 4) is 0 Å². The van der Waals surface area contributed by atoms with E-state index in [1.165, 1.54) is 0 Å². The van der Waals surface area contributed by atoms with Crippen molar-refractivity contribution in [1.29, 1.82) is 0 Å². The van der Waals surface area contributed by atoms with Gasteiger partial charge in [-0.3, -0.25) is 9.59 Å². The van der Waals surface area contributed by atoms with Crippen LogP contribution in [0.15, 0.2) is 0 Å². The number of rotatable bonds is 9. The molecule has 0 atom stereocenters. The highest BCUT2D eigenvalue weighted by Gasteiger charge is 2.39. The van der Waals surface area contributed by atoms with Gasteiger partial charge in [0.15, 0.2) is 0 Å². The molecule has 0 bridgehead atoms. The normalized spacial score (nSPS) is 11.3. The number of carbonyl (C=O) groups is 2. The lowest BCUT2D eigenvalue weighted by atomic mass is 10.1. The Morgan fingerprint density at radius 3 is 2.11 bits per heavy atom. The Balaban J connectivity index is 3.52. The third-order valence-electron chi connectivity index (χ3n) is 2.38. The second kappa shape index (κ2) is 8.94. The smallest absolute Gasteiger partial charge is 0.450 e. The van der Waals surface area contributed by atoms with E-state index in [0.29, 0.717) is 6.42 Å². The molecule has 0 N–H and O–H groups in total. The summed E-state index contributed by atoms with van der Waals surface area (Å²) >= 11 is 0. The van der Waals surface area contributed by atoms with Crippen LogP contribution in [0.1, 0.15) is 51.9 Å². The van der Waals surface area contributed by atoms with Crippen molar-refractivity contribution in [3.63, 3.8) is 0 Å². The van der Waals surface area contributed by atoms with Crippen molar-refractivity contribution in [2.75, 3.05) is 6.61 Å². The van der Waals surface area contributed by atoms with Crippen molar-refractivity contribution in [1.82, 2.24) is 0 Å². The minimum absolute atomic E-state index is 0.0795. The molecule has 0 spiro atoms. The molecule has 0 aromatic carbocycles. The summed E-state index contributed by atoms with van der Waals surface area (Å²) in [5, 5.41) is 0. The lowest BCUT2D eigenvalue weighted by Gasteiger charge is -2.06. The molecule has 0 rings (SSSR count). The number of halogens is 3. The molecular formula is C12H19F3O3. The van der Waals surface area contributed by atoms with Crippen LogP contribution in [0, 0.1) is 0 Å². The van der Waals surface area contributed by atoms with E-state index in [-0.39, 0.29) is 6.61 Å². The van der Waals surface area contributed by atoms with Crippen LogP contribution >= 0.6 is 0 Å². The number of hydrogen-bond donors (Lipinski definition) is 0. The third kappa shape index (κ3) is 9.01. The van der Waals surface area contributed by atoms with E-state index in [4.69, 9.17) is 0 Å². The van der Waals surface area contributed by atoms with E-state index in [0.717, 1.165) is 32.1 Å². The predicted molar refractivity (Wildman–Crippen MR) is 60.0 cm³/mol. The van der Waals surface area contributed by atoms with E-state index in [9.17, 15) is 22.8 Å². The van der Waals surface area contributed by atoms with E-state index in [1.807, 2.05) is 0 Å². The molecule has 18 heavy (non-hydrogen) atoms. The van der Waals surface area contributed by atoms with Crippen molar-refractivity contribution in [3.05, 3.63) is 0 Å². The topological polar surface area (TPSA) is 43.4 Å². The highest BCUT2D eigenvalue weighted by atomic mass is 19.4. The number of alkyl halides is 3. The van der Waals surface area contributed by atoms with Crippen LogP contribution in [0.3, 0.4) is 0 Å². The first-order valence-corrected chi connectivity index (χ1v) is 6.13. The average molecular weight is 268 g/mol. The fourth-order valence-electron chi connectivity index (χ4n) is 1.35. The Morgan fingerprint density at radius 2 is 1.56 bits per heavy atom. The van der Waals surface area contributed by atoms with Crippen LogP contribution in [0.4, 0.5) is 13.2 Å². The van der Waals surface area contributed by atoms with Gasteiger partial charge in [-0.05, 0) is 6.42 Å². The SMILES string of the molecule is CCCCCCCCOC(=O)CC(=O)C(F)(F)F. The van der Waals surface area contributed by atoms with Gasteiger partial charge in [0, 0.05) is 0 Å². The number of ketones is 1. The summed E-state index contributed by atoms with van der Waals surface area (Å²) in [6.07, 6.45) is -0.271. The number of carbonyl (C=O) groups excluding carboxylic acids is 2. The van der Waals surface area contributed by atoms with Gasteiger partial charge in [-0.25, -0.2) is 0 Å². The van der Waals surface area contributed by atoms with E-state index in [2.05, 4.69) is 11.7 Å². The summed E-state index contributed by atoms with van der Waals surface area (Å²) in [5.74, 6) is -3.17. The predicted octanol–water partition coefficient (Wildman–Crippen LogP) is 3.41. The fourth-order valence-corrected chi connectivity index (χ4v) is 1.35. The molecule has 0 radical (unpaired) electrons. The van der Waals surface area contributed by atoms with Crippen molar-refractivity contribution in [2.45, 2.75) is 58.0 Å². The Bertz CT molecular complexity index is 262. The highest BCUT2D eigenvalue weighted by Crippen LogP contribution is 2.18. The third-order valence-corrected chi connectivity index (χ3v) is 2.38. The first-order chi connectivity index (χ1) is 8.38. The van der Waals surface area contributed by atoms with Crippen LogP contribution in [-0.4, -0.2) is 24.5 Å². The molecule has 6 heteroatoms. The molecule has 3 nitrogen and oxygen atoms in total. The second-order valence-electron chi connectivity index (χ2n) is 4.09. The lowest BCUT2D eigenvalue weighted by molar-refractivity contribution is -0.174. The van der Waals surface area contributed by atoms with Gasteiger partial charge in [0.2, 0.25) is 5.78 Å². The van der Waals surface area contributed by atoms with Crippen LogP contribution in [-0.2, 0) is 14.3 Å². The molecule has 0 unspecified atom stereocenters. The number of Topliss-reactive ketones (excluding diaryl/α,β-unsaturated/α-hetero) is 1. The molecule has 0 aromatic heterocycles. The van der Waals surface area contributed by atoms with Gasteiger partial charge in [-0.15, -0.1) is 0 Å². The molecule has 0 saturated heterocycles. The van der Waals surface area contributed by atoms with Crippen molar-refractivity contribution < 1.29 is 27.5 Å². The van der Waals surface area contributed by atoms with Gasteiger partial charge in [-0.2, -0.15) is 13.2 Å². The van der Waals surface area contributed by atoms with E-state index >= 15 is 0 Å². The molecule has 0 saturated carbocycles. The molecule has 0 heterocycles. The van der Waals surface area contributed by atoms with Gasteiger partial charge < -0.3 is 4.74 Å². The highest BCUT2D eigenvalue weighted by molar-refractivity contribution is 5.98. The largest absolute Gasteiger partial charge is 0.465 e.